The van der Waals surface area contributed by atoms with Crippen molar-refractivity contribution >= 4 is 11.8 Å². The molecule has 0 saturated heterocycles. The smallest absolute Gasteiger partial charge is 0.138 e. The Morgan fingerprint density at radius 3 is 1.86 bits per heavy atom. The highest BCUT2D eigenvalue weighted by Gasteiger charge is 2.22. The van der Waals surface area contributed by atoms with E-state index in [9.17, 15) is 0 Å². The van der Waals surface area contributed by atoms with Crippen molar-refractivity contribution in [1.82, 2.24) is 0 Å². The van der Waals surface area contributed by atoms with Gasteiger partial charge in [-0.05, 0) is 35.2 Å². The van der Waals surface area contributed by atoms with E-state index in [0.717, 1.165) is 34.0 Å². The van der Waals surface area contributed by atoms with Crippen LogP contribution in [0.1, 0.15) is 31.9 Å². The maximum absolute atomic E-state index is 6.42. The summed E-state index contributed by atoms with van der Waals surface area (Å²) in [5, 5.41) is 0. The predicted octanol–water partition coefficient (Wildman–Crippen LogP) is 7.24. The van der Waals surface area contributed by atoms with E-state index in [1.54, 1.807) is 7.11 Å². The molecule has 0 N–H and O–H groups in total. The molecule has 0 aromatic heterocycles. The van der Waals surface area contributed by atoms with Gasteiger partial charge in [0.1, 0.15) is 17.3 Å². The number of hydrogen-bond acceptors (Lipinski definition) is 2. The van der Waals surface area contributed by atoms with Gasteiger partial charge in [-0.2, -0.15) is 0 Å². The standard InChI is InChI=1S/C27H28O2/c1-27(2,3)25(20-17-21-15-18-23(28-4)19-16-21)26(22-11-7-5-8-12-22)29-24-13-9-6-10-14-24/h5-20H,1-4H3. The third kappa shape index (κ3) is 5.61. The average molecular weight is 385 g/mol. The van der Waals surface area contributed by atoms with Gasteiger partial charge >= 0.3 is 0 Å². The van der Waals surface area contributed by atoms with Crippen LogP contribution in [0, 0.1) is 5.41 Å². The molecule has 0 saturated carbocycles. The third-order valence-corrected chi connectivity index (χ3v) is 4.61. The van der Waals surface area contributed by atoms with Gasteiger partial charge < -0.3 is 9.47 Å². The molecule has 0 atom stereocenters. The molecule has 0 heterocycles. The molecule has 2 nitrogen and oxygen atoms in total. The van der Waals surface area contributed by atoms with E-state index in [0.29, 0.717) is 0 Å². The second kappa shape index (κ2) is 9.29. The fourth-order valence-electron chi connectivity index (χ4n) is 3.03. The van der Waals surface area contributed by atoms with E-state index >= 15 is 0 Å². The monoisotopic (exact) mass is 384 g/mol. The predicted molar refractivity (Wildman–Crippen MR) is 122 cm³/mol. The van der Waals surface area contributed by atoms with Crippen LogP contribution < -0.4 is 9.47 Å². The van der Waals surface area contributed by atoms with Crippen molar-refractivity contribution in [3.05, 3.63) is 108 Å². The first-order chi connectivity index (χ1) is 14.0. The second-order valence-electron chi connectivity index (χ2n) is 7.88. The Kier molecular flexibility index (Phi) is 6.56. The Labute approximate surface area is 174 Å². The van der Waals surface area contributed by atoms with E-state index in [4.69, 9.17) is 9.47 Å². The Bertz CT molecular complexity index is 961. The lowest BCUT2D eigenvalue weighted by atomic mass is 9.83. The van der Waals surface area contributed by atoms with E-state index in [-0.39, 0.29) is 5.41 Å². The Hall–Kier alpha value is -3.26. The molecule has 0 bridgehead atoms. The van der Waals surface area contributed by atoms with Gasteiger partial charge in [-0.15, -0.1) is 0 Å². The minimum absolute atomic E-state index is 0.108. The first-order valence-corrected chi connectivity index (χ1v) is 9.82. The van der Waals surface area contributed by atoms with Crippen LogP contribution in [0.25, 0.3) is 11.8 Å². The van der Waals surface area contributed by atoms with Gasteiger partial charge in [0.25, 0.3) is 0 Å². The highest BCUT2D eigenvalue weighted by atomic mass is 16.5. The van der Waals surface area contributed by atoms with Crippen molar-refractivity contribution in [3.63, 3.8) is 0 Å². The van der Waals surface area contributed by atoms with Crippen LogP contribution in [-0.2, 0) is 0 Å². The lowest BCUT2D eigenvalue weighted by Gasteiger charge is -2.25. The largest absolute Gasteiger partial charge is 0.497 e. The summed E-state index contributed by atoms with van der Waals surface area (Å²) in [7, 11) is 1.68. The topological polar surface area (TPSA) is 18.5 Å². The number of benzene rings is 3. The summed E-state index contributed by atoms with van der Waals surface area (Å²) in [5.41, 5.74) is 3.19. The first-order valence-electron chi connectivity index (χ1n) is 9.82. The van der Waals surface area contributed by atoms with Crippen molar-refractivity contribution in [2.75, 3.05) is 7.11 Å². The van der Waals surface area contributed by atoms with E-state index in [2.05, 4.69) is 57.2 Å². The molecule has 3 aromatic rings. The van der Waals surface area contributed by atoms with Gasteiger partial charge in [-0.1, -0.05) is 93.6 Å². The summed E-state index contributed by atoms with van der Waals surface area (Å²) in [4.78, 5) is 0. The molecule has 0 amide bonds. The molecule has 0 aliphatic carbocycles. The maximum Gasteiger partial charge on any atom is 0.138 e. The average Bonchev–Trinajstić information content (AvgIpc) is 2.74. The number of allylic oxidation sites excluding steroid dienone is 2. The Balaban J connectivity index is 2.08. The highest BCUT2D eigenvalue weighted by Crippen LogP contribution is 2.35. The van der Waals surface area contributed by atoms with E-state index in [1.165, 1.54) is 0 Å². The van der Waals surface area contributed by atoms with E-state index < -0.39 is 0 Å². The molecule has 0 unspecified atom stereocenters. The minimum Gasteiger partial charge on any atom is -0.497 e. The van der Waals surface area contributed by atoms with Crippen LogP contribution in [0.15, 0.2) is 96.6 Å². The van der Waals surface area contributed by atoms with Crippen molar-refractivity contribution in [2.45, 2.75) is 20.8 Å². The fraction of sp³-hybridized carbons (Fsp3) is 0.185. The van der Waals surface area contributed by atoms with Gasteiger partial charge in [-0.25, -0.2) is 0 Å². The zero-order chi connectivity index (χ0) is 20.7. The van der Waals surface area contributed by atoms with Crippen molar-refractivity contribution in [2.24, 2.45) is 5.41 Å². The van der Waals surface area contributed by atoms with Gasteiger partial charge in [0.05, 0.1) is 7.11 Å². The number of para-hydroxylation sites is 1. The molecule has 0 spiro atoms. The summed E-state index contributed by atoms with van der Waals surface area (Å²) < 4.78 is 11.7. The van der Waals surface area contributed by atoms with Gasteiger partial charge in [0.15, 0.2) is 0 Å². The molecule has 148 valence electrons. The molecule has 29 heavy (non-hydrogen) atoms. The maximum atomic E-state index is 6.42. The normalized spacial score (nSPS) is 12.6. The Morgan fingerprint density at radius 1 is 0.724 bits per heavy atom. The van der Waals surface area contributed by atoms with Crippen molar-refractivity contribution in [1.29, 1.82) is 0 Å². The summed E-state index contributed by atoms with van der Waals surface area (Å²) in [6.07, 6.45) is 4.28. The number of rotatable bonds is 6. The quantitative estimate of drug-likeness (QED) is 0.329. The van der Waals surface area contributed by atoms with Crippen molar-refractivity contribution in [3.8, 4) is 11.5 Å². The van der Waals surface area contributed by atoms with Crippen LogP contribution in [0.5, 0.6) is 11.5 Å². The Morgan fingerprint density at radius 2 is 1.31 bits per heavy atom. The van der Waals surface area contributed by atoms with Gasteiger partial charge in [0, 0.05) is 11.1 Å². The first kappa shape index (κ1) is 20.5. The minimum atomic E-state index is -0.108. The summed E-state index contributed by atoms with van der Waals surface area (Å²) >= 11 is 0. The molecular formula is C27H28O2. The molecule has 3 rings (SSSR count). The fourth-order valence-corrected chi connectivity index (χ4v) is 3.03. The van der Waals surface area contributed by atoms with Crippen LogP contribution in [-0.4, -0.2) is 7.11 Å². The zero-order valence-corrected chi connectivity index (χ0v) is 17.6. The molecule has 3 aromatic carbocycles. The van der Waals surface area contributed by atoms with Crippen LogP contribution >= 0.6 is 0 Å². The molecule has 0 aliphatic rings. The van der Waals surface area contributed by atoms with Crippen LogP contribution in [0.2, 0.25) is 0 Å². The molecule has 0 fully saturated rings. The van der Waals surface area contributed by atoms with Gasteiger partial charge in [-0.3, -0.25) is 0 Å². The summed E-state index contributed by atoms with van der Waals surface area (Å²) in [6, 6.07) is 28.3. The van der Waals surface area contributed by atoms with Crippen LogP contribution in [0.4, 0.5) is 0 Å². The molecular weight excluding hydrogens is 356 g/mol. The SMILES string of the molecule is COc1ccc(C=CC(=C(Oc2ccccc2)c2ccccc2)C(C)(C)C)cc1. The summed E-state index contributed by atoms with van der Waals surface area (Å²) in [6.45, 7) is 6.62. The van der Waals surface area contributed by atoms with E-state index in [1.807, 2.05) is 60.7 Å². The lowest BCUT2D eigenvalue weighted by molar-refractivity contribution is 0.415. The van der Waals surface area contributed by atoms with Crippen molar-refractivity contribution < 1.29 is 9.47 Å². The zero-order valence-electron chi connectivity index (χ0n) is 17.6. The highest BCUT2D eigenvalue weighted by molar-refractivity contribution is 5.71. The molecule has 0 radical (unpaired) electrons. The lowest BCUT2D eigenvalue weighted by Crippen LogP contribution is -2.13. The molecule has 2 heteroatoms. The number of hydrogen-bond donors (Lipinski definition) is 0. The summed E-state index contributed by atoms with van der Waals surface area (Å²) in [5.74, 6) is 2.55. The second-order valence-corrected chi connectivity index (χ2v) is 7.88. The van der Waals surface area contributed by atoms with Gasteiger partial charge in [0.2, 0.25) is 0 Å². The molecule has 0 aliphatic heterocycles. The van der Waals surface area contributed by atoms with Crippen LogP contribution in [0.3, 0.4) is 0 Å². The number of ether oxygens (including phenoxy) is 2. The third-order valence-electron chi connectivity index (χ3n) is 4.61. The number of methoxy groups -OCH3 is 1.